The second kappa shape index (κ2) is 9.66. The smallest absolute Gasteiger partial charge is 0.410 e. The number of aryl methyl sites for hydroxylation is 1. The lowest BCUT2D eigenvalue weighted by Gasteiger charge is -2.44. The lowest BCUT2D eigenvalue weighted by Crippen LogP contribution is -2.59. The zero-order valence-corrected chi connectivity index (χ0v) is 22.5. The molecule has 1 aliphatic rings. The first-order valence-electron chi connectivity index (χ1n) is 12.7. The minimum Gasteiger partial charge on any atom is -0.444 e. The Morgan fingerprint density at radius 3 is 2.39 bits per heavy atom. The fourth-order valence-electron chi connectivity index (χ4n) is 4.91. The Kier molecular flexibility index (Phi) is 6.50. The van der Waals surface area contributed by atoms with Gasteiger partial charge < -0.3 is 19.1 Å². The molecule has 1 aliphatic heterocycles. The third kappa shape index (κ3) is 4.78. The highest BCUT2D eigenvalue weighted by Crippen LogP contribution is 2.38. The maximum atomic E-state index is 13.7. The van der Waals surface area contributed by atoms with E-state index in [-0.39, 0.29) is 24.0 Å². The summed E-state index contributed by atoms with van der Waals surface area (Å²) in [5.41, 5.74) is 3.21. The van der Waals surface area contributed by atoms with Crippen molar-refractivity contribution in [1.82, 2.24) is 29.4 Å². The average Bonchev–Trinajstić information content (AvgIpc) is 3.24. The lowest BCUT2D eigenvalue weighted by molar-refractivity contribution is 0.0130. The number of carbonyl (C=O) groups excluding carboxylic acids is 1. The highest BCUT2D eigenvalue weighted by atomic mass is 19.1. The number of hydrogen-bond donors (Lipinski definition) is 0. The van der Waals surface area contributed by atoms with Gasteiger partial charge >= 0.3 is 6.09 Å². The molecule has 0 N–H and O–H groups in total. The zero-order chi connectivity index (χ0) is 27.2. The van der Waals surface area contributed by atoms with Crippen molar-refractivity contribution in [2.75, 3.05) is 18.0 Å². The van der Waals surface area contributed by atoms with Crippen LogP contribution in [-0.4, -0.2) is 66.3 Å². The Hall–Kier alpha value is -4.08. The third-order valence-electron chi connectivity index (χ3n) is 6.69. The molecule has 0 spiro atoms. The molecule has 5 rings (SSSR count). The number of hydrogen-bond acceptors (Lipinski definition) is 7. The van der Waals surface area contributed by atoms with Crippen LogP contribution in [0.3, 0.4) is 0 Å². The van der Waals surface area contributed by atoms with Crippen molar-refractivity contribution in [3.05, 3.63) is 60.7 Å². The number of aromatic nitrogens is 5. The third-order valence-corrected chi connectivity index (χ3v) is 6.69. The number of ether oxygens (including phenoxy) is 1. The molecule has 0 bridgehead atoms. The molecular formula is C28H32FN7O2. The van der Waals surface area contributed by atoms with Gasteiger partial charge in [-0.3, -0.25) is 9.97 Å². The predicted molar refractivity (Wildman–Crippen MR) is 144 cm³/mol. The largest absolute Gasteiger partial charge is 0.444 e. The van der Waals surface area contributed by atoms with Crippen molar-refractivity contribution in [2.45, 2.75) is 59.2 Å². The molecule has 1 fully saturated rings. The van der Waals surface area contributed by atoms with Crippen LogP contribution in [0.25, 0.3) is 28.0 Å². The molecule has 4 heterocycles. The lowest BCUT2D eigenvalue weighted by atomic mass is 10.1. The summed E-state index contributed by atoms with van der Waals surface area (Å²) in [5, 5.41) is 0.824. The number of piperazine rings is 1. The number of fused-ring (bicyclic) bond motifs is 1. The van der Waals surface area contributed by atoms with Crippen LogP contribution in [-0.2, 0) is 4.74 Å². The van der Waals surface area contributed by atoms with Gasteiger partial charge in [-0.25, -0.2) is 19.2 Å². The summed E-state index contributed by atoms with van der Waals surface area (Å²) >= 11 is 0. The average molecular weight is 518 g/mol. The van der Waals surface area contributed by atoms with E-state index in [2.05, 4.69) is 26.8 Å². The van der Waals surface area contributed by atoms with Gasteiger partial charge in [0.2, 0.25) is 0 Å². The molecule has 1 saturated heterocycles. The van der Waals surface area contributed by atoms with Gasteiger partial charge in [0.25, 0.3) is 0 Å². The maximum Gasteiger partial charge on any atom is 0.410 e. The fourth-order valence-corrected chi connectivity index (χ4v) is 4.91. The molecule has 9 nitrogen and oxygen atoms in total. The van der Waals surface area contributed by atoms with E-state index < -0.39 is 5.60 Å². The summed E-state index contributed by atoms with van der Waals surface area (Å²) in [6.45, 7) is 12.7. The molecule has 4 aromatic rings. The number of halogens is 1. The van der Waals surface area contributed by atoms with Crippen molar-refractivity contribution in [3.63, 3.8) is 0 Å². The van der Waals surface area contributed by atoms with Gasteiger partial charge in [-0.1, -0.05) is 0 Å². The van der Waals surface area contributed by atoms with Crippen molar-refractivity contribution in [3.8, 4) is 16.9 Å². The first kappa shape index (κ1) is 25.6. The van der Waals surface area contributed by atoms with Gasteiger partial charge in [-0.2, -0.15) is 0 Å². The van der Waals surface area contributed by atoms with Gasteiger partial charge in [0.15, 0.2) is 5.65 Å². The Labute approximate surface area is 221 Å². The molecule has 2 atom stereocenters. The molecule has 0 saturated carbocycles. The van der Waals surface area contributed by atoms with Crippen LogP contribution in [0.5, 0.6) is 0 Å². The molecule has 38 heavy (non-hydrogen) atoms. The molecule has 0 aliphatic carbocycles. The van der Waals surface area contributed by atoms with Crippen molar-refractivity contribution in [2.24, 2.45) is 0 Å². The zero-order valence-electron chi connectivity index (χ0n) is 22.5. The van der Waals surface area contributed by atoms with Gasteiger partial charge in [0, 0.05) is 55.0 Å². The standard InChI is InChI=1S/C28H32FN7O2/c1-17-14-35(27(37)38-28(4,5)6)18(2)13-34(17)25-23-22(24-19(3)30-11-12-31-24)15-36(26(23)33-16-32-25)21-9-7-20(29)8-10-21/h7-12,15-18H,13-14H2,1-6H3/t17-,18+/m0/s1. The van der Waals surface area contributed by atoms with Gasteiger partial charge in [0.05, 0.1) is 16.8 Å². The molecular weight excluding hydrogens is 485 g/mol. The fraction of sp³-hybridized carbons (Fsp3) is 0.393. The highest BCUT2D eigenvalue weighted by molar-refractivity contribution is 6.02. The van der Waals surface area contributed by atoms with E-state index in [9.17, 15) is 9.18 Å². The number of carbonyl (C=O) groups is 1. The van der Waals surface area contributed by atoms with Crippen LogP contribution >= 0.6 is 0 Å². The SMILES string of the molecule is Cc1nccnc1-c1cn(-c2ccc(F)cc2)c2ncnc(N3C[C@@H](C)N(C(=O)OC(C)(C)C)C[C@@H]3C)c12. The Balaban J connectivity index is 1.62. The first-order valence-corrected chi connectivity index (χ1v) is 12.7. The summed E-state index contributed by atoms with van der Waals surface area (Å²) in [6, 6.07) is 6.14. The van der Waals surface area contributed by atoms with E-state index in [4.69, 9.17) is 9.72 Å². The summed E-state index contributed by atoms with van der Waals surface area (Å²) in [4.78, 5) is 35.3. The van der Waals surface area contributed by atoms with E-state index in [0.717, 1.165) is 33.8 Å². The minimum absolute atomic E-state index is 0.0400. The van der Waals surface area contributed by atoms with Crippen LogP contribution in [0.2, 0.25) is 0 Å². The number of nitrogens with zero attached hydrogens (tertiary/aromatic N) is 7. The van der Waals surface area contributed by atoms with E-state index in [1.54, 1.807) is 35.8 Å². The van der Waals surface area contributed by atoms with E-state index in [0.29, 0.717) is 18.7 Å². The molecule has 3 aromatic heterocycles. The summed E-state index contributed by atoms with van der Waals surface area (Å²) in [5.74, 6) is 0.440. The predicted octanol–water partition coefficient (Wildman–Crippen LogP) is 5.16. The molecule has 1 amide bonds. The molecule has 0 unspecified atom stereocenters. The van der Waals surface area contributed by atoms with E-state index >= 15 is 0 Å². The molecule has 198 valence electrons. The van der Waals surface area contributed by atoms with E-state index in [1.165, 1.54) is 12.1 Å². The number of anilines is 1. The maximum absolute atomic E-state index is 13.7. The van der Waals surface area contributed by atoms with Crippen LogP contribution in [0.1, 0.15) is 40.3 Å². The number of amides is 1. The number of benzene rings is 1. The Bertz CT molecular complexity index is 1480. The van der Waals surface area contributed by atoms with Gasteiger partial charge in [-0.15, -0.1) is 0 Å². The van der Waals surface area contributed by atoms with Crippen molar-refractivity contribution >= 4 is 22.9 Å². The van der Waals surface area contributed by atoms with Crippen LogP contribution in [0, 0.1) is 12.7 Å². The normalized spacial score (nSPS) is 18.2. The molecule has 1 aromatic carbocycles. The number of rotatable bonds is 3. The van der Waals surface area contributed by atoms with Crippen molar-refractivity contribution in [1.29, 1.82) is 0 Å². The minimum atomic E-state index is -0.567. The van der Waals surface area contributed by atoms with Gasteiger partial charge in [0.1, 0.15) is 23.6 Å². The van der Waals surface area contributed by atoms with E-state index in [1.807, 2.05) is 45.4 Å². The first-order chi connectivity index (χ1) is 18.0. The second-order valence-electron chi connectivity index (χ2n) is 10.8. The molecule has 0 radical (unpaired) electrons. The van der Waals surface area contributed by atoms with Crippen LogP contribution < -0.4 is 4.90 Å². The van der Waals surface area contributed by atoms with Crippen molar-refractivity contribution < 1.29 is 13.9 Å². The highest BCUT2D eigenvalue weighted by Gasteiger charge is 2.36. The Morgan fingerprint density at radius 2 is 1.71 bits per heavy atom. The van der Waals surface area contributed by atoms with Crippen LogP contribution in [0.15, 0.2) is 49.2 Å². The summed E-state index contributed by atoms with van der Waals surface area (Å²) < 4.78 is 21.3. The van der Waals surface area contributed by atoms with Crippen LogP contribution in [0.4, 0.5) is 15.0 Å². The second-order valence-corrected chi connectivity index (χ2v) is 10.8. The topological polar surface area (TPSA) is 89.3 Å². The Morgan fingerprint density at radius 1 is 1.00 bits per heavy atom. The summed E-state index contributed by atoms with van der Waals surface area (Å²) in [7, 11) is 0. The quantitative estimate of drug-likeness (QED) is 0.371. The monoisotopic (exact) mass is 517 g/mol. The summed E-state index contributed by atoms with van der Waals surface area (Å²) in [6.07, 6.45) is 6.51. The van der Waals surface area contributed by atoms with Gasteiger partial charge in [-0.05, 0) is 65.8 Å². The molecule has 10 heteroatoms.